The normalized spacial score (nSPS) is 46.3. The summed E-state index contributed by atoms with van der Waals surface area (Å²) in [7, 11) is 0. The molecule has 3 saturated carbocycles. The summed E-state index contributed by atoms with van der Waals surface area (Å²) in [5.74, 6) is -2.26. The van der Waals surface area contributed by atoms with Crippen molar-refractivity contribution in [2.45, 2.75) is 77.9 Å². The number of fused-ring (bicyclic) bond motifs is 5. The molecule has 29 heavy (non-hydrogen) atoms. The molecule has 0 heterocycles. The second-order valence-corrected chi connectivity index (χ2v) is 10.1. The molecule has 0 bridgehead atoms. The SMILES string of the molecule is CC(=O)O[C@H]1CC[C@@]2(C)C(=CC[C@@H]3[C@H]2C(=O)C[C@]2(C)[C@H](C(C)=O)CC(=O)[C@]32O)C1. The lowest BCUT2D eigenvalue weighted by Crippen LogP contribution is -2.66. The van der Waals surface area contributed by atoms with Crippen LogP contribution < -0.4 is 0 Å². The highest BCUT2D eigenvalue weighted by atomic mass is 16.5. The first kappa shape index (κ1) is 20.5. The molecule has 0 aliphatic heterocycles. The standard InChI is InChI=1S/C23H30O6/c1-12(24)17-10-19(27)23(28)16-6-5-14-9-15(29-13(2)25)7-8-21(14,3)20(16)18(26)11-22(17,23)4/h5,15-17,20,28H,6-11H2,1-4H3/t15-,16+,17-,20-,21-,22+,23+/m0/s1. The molecule has 4 aliphatic rings. The Kier molecular flexibility index (Phi) is 4.47. The van der Waals surface area contributed by atoms with Crippen molar-refractivity contribution in [1.29, 1.82) is 0 Å². The molecule has 0 aromatic rings. The molecular weight excluding hydrogens is 372 g/mol. The Morgan fingerprint density at radius 2 is 1.86 bits per heavy atom. The third-order valence-corrected chi connectivity index (χ3v) is 8.58. The lowest BCUT2D eigenvalue weighted by Gasteiger charge is -2.59. The van der Waals surface area contributed by atoms with E-state index in [1.54, 1.807) is 6.92 Å². The third kappa shape index (κ3) is 2.57. The summed E-state index contributed by atoms with van der Waals surface area (Å²) in [5, 5.41) is 11.8. The Bertz CT molecular complexity index is 842. The zero-order valence-electron chi connectivity index (χ0n) is 17.6. The monoisotopic (exact) mass is 402 g/mol. The smallest absolute Gasteiger partial charge is 0.302 e. The first-order valence-electron chi connectivity index (χ1n) is 10.6. The van der Waals surface area contributed by atoms with Crippen molar-refractivity contribution < 1.29 is 29.0 Å². The van der Waals surface area contributed by atoms with Gasteiger partial charge in [0, 0.05) is 49.4 Å². The maximum absolute atomic E-state index is 13.5. The van der Waals surface area contributed by atoms with Crippen molar-refractivity contribution >= 4 is 23.3 Å². The molecule has 0 aromatic heterocycles. The zero-order valence-corrected chi connectivity index (χ0v) is 17.6. The average Bonchev–Trinajstić information content (AvgIpc) is 2.82. The number of hydrogen-bond acceptors (Lipinski definition) is 6. The Hall–Kier alpha value is -1.82. The van der Waals surface area contributed by atoms with Crippen LogP contribution in [0, 0.1) is 28.6 Å². The van der Waals surface area contributed by atoms with Crippen molar-refractivity contribution in [3.05, 3.63) is 11.6 Å². The number of allylic oxidation sites excluding steroid dienone is 1. The van der Waals surface area contributed by atoms with Gasteiger partial charge in [-0.15, -0.1) is 0 Å². The van der Waals surface area contributed by atoms with E-state index >= 15 is 0 Å². The fourth-order valence-corrected chi connectivity index (χ4v) is 7.15. The molecule has 4 aliphatic carbocycles. The predicted octanol–water partition coefficient (Wildman–Crippen LogP) is 2.56. The number of Topliss-reactive ketones (excluding diaryl/α,β-unsaturated/α-hetero) is 3. The summed E-state index contributed by atoms with van der Waals surface area (Å²) >= 11 is 0. The van der Waals surface area contributed by atoms with E-state index in [1.807, 2.05) is 13.0 Å². The van der Waals surface area contributed by atoms with E-state index in [0.29, 0.717) is 25.7 Å². The molecule has 158 valence electrons. The molecule has 6 nitrogen and oxygen atoms in total. The van der Waals surface area contributed by atoms with Crippen LogP contribution in [0.5, 0.6) is 0 Å². The number of carbonyl (C=O) groups is 4. The fraction of sp³-hybridized carbons (Fsp3) is 0.739. The van der Waals surface area contributed by atoms with Crippen LogP contribution in [0.15, 0.2) is 11.6 Å². The van der Waals surface area contributed by atoms with Crippen LogP contribution in [0.1, 0.15) is 66.2 Å². The molecular formula is C23H30O6. The number of rotatable bonds is 2. The molecule has 0 aromatic carbocycles. The highest BCUT2D eigenvalue weighted by Crippen LogP contribution is 2.66. The maximum Gasteiger partial charge on any atom is 0.302 e. The largest absolute Gasteiger partial charge is 0.462 e. The van der Waals surface area contributed by atoms with Gasteiger partial charge in [0.15, 0.2) is 5.78 Å². The van der Waals surface area contributed by atoms with E-state index in [-0.39, 0.29) is 42.3 Å². The average molecular weight is 402 g/mol. The van der Waals surface area contributed by atoms with Crippen LogP contribution in [0.3, 0.4) is 0 Å². The number of esters is 1. The van der Waals surface area contributed by atoms with E-state index in [2.05, 4.69) is 0 Å². The summed E-state index contributed by atoms with van der Waals surface area (Å²) in [6.45, 7) is 6.64. The van der Waals surface area contributed by atoms with Gasteiger partial charge in [0.25, 0.3) is 0 Å². The number of aliphatic hydroxyl groups is 1. The van der Waals surface area contributed by atoms with Crippen molar-refractivity contribution in [3.8, 4) is 0 Å². The predicted molar refractivity (Wildman–Crippen MR) is 104 cm³/mol. The van der Waals surface area contributed by atoms with Crippen molar-refractivity contribution in [2.24, 2.45) is 28.6 Å². The van der Waals surface area contributed by atoms with E-state index in [4.69, 9.17) is 4.74 Å². The van der Waals surface area contributed by atoms with Gasteiger partial charge < -0.3 is 9.84 Å². The summed E-state index contributed by atoms with van der Waals surface area (Å²) in [6.07, 6.45) is 4.26. The summed E-state index contributed by atoms with van der Waals surface area (Å²) < 4.78 is 5.41. The van der Waals surface area contributed by atoms with Gasteiger partial charge in [0.05, 0.1) is 0 Å². The van der Waals surface area contributed by atoms with Crippen LogP contribution in [-0.4, -0.2) is 40.1 Å². The van der Waals surface area contributed by atoms with Crippen LogP contribution in [-0.2, 0) is 23.9 Å². The van der Waals surface area contributed by atoms with E-state index in [0.717, 1.165) is 5.57 Å². The summed E-state index contributed by atoms with van der Waals surface area (Å²) in [6, 6.07) is 0. The van der Waals surface area contributed by atoms with Gasteiger partial charge in [-0.25, -0.2) is 0 Å². The highest BCUT2D eigenvalue weighted by Gasteiger charge is 2.73. The number of ether oxygens (including phenoxy) is 1. The van der Waals surface area contributed by atoms with Crippen LogP contribution >= 0.6 is 0 Å². The molecule has 7 atom stereocenters. The molecule has 0 saturated heterocycles. The molecule has 0 radical (unpaired) electrons. The minimum atomic E-state index is -1.65. The second-order valence-electron chi connectivity index (χ2n) is 10.1. The van der Waals surface area contributed by atoms with Gasteiger partial charge in [0.1, 0.15) is 23.3 Å². The number of hydrogen-bond donors (Lipinski definition) is 1. The van der Waals surface area contributed by atoms with Gasteiger partial charge in [-0.3, -0.25) is 19.2 Å². The lowest BCUT2D eigenvalue weighted by molar-refractivity contribution is -0.189. The van der Waals surface area contributed by atoms with Crippen molar-refractivity contribution in [2.75, 3.05) is 0 Å². The molecule has 6 heteroatoms. The van der Waals surface area contributed by atoms with Gasteiger partial charge in [-0.1, -0.05) is 25.5 Å². The lowest BCUT2D eigenvalue weighted by atomic mass is 9.45. The number of carbonyl (C=O) groups excluding carboxylic acids is 4. The van der Waals surface area contributed by atoms with Crippen molar-refractivity contribution in [1.82, 2.24) is 0 Å². The van der Waals surface area contributed by atoms with Gasteiger partial charge in [-0.05, 0) is 31.6 Å². The topological polar surface area (TPSA) is 97.7 Å². The maximum atomic E-state index is 13.5. The fourth-order valence-electron chi connectivity index (χ4n) is 7.15. The molecule has 0 spiro atoms. The Labute approximate surface area is 171 Å². The van der Waals surface area contributed by atoms with Gasteiger partial charge in [-0.2, -0.15) is 0 Å². The zero-order chi connectivity index (χ0) is 21.4. The Morgan fingerprint density at radius 1 is 1.17 bits per heavy atom. The van der Waals surface area contributed by atoms with E-state index < -0.39 is 34.2 Å². The molecule has 3 fully saturated rings. The first-order valence-corrected chi connectivity index (χ1v) is 10.6. The number of ketones is 3. The first-order chi connectivity index (χ1) is 13.4. The van der Waals surface area contributed by atoms with Crippen molar-refractivity contribution in [3.63, 3.8) is 0 Å². The van der Waals surface area contributed by atoms with E-state index in [1.165, 1.54) is 13.8 Å². The minimum absolute atomic E-state index is 0.0145. The molecule has 0 amide bonds. The van der Waals surface area contributed by atoms with Gasteiger partial charge in [0.2, 0.25) is 0 Å². The Balaban J connectivity index is 1.75. The highest BCUT2D eigenvalue weighted by molar-refractivity contribution is 6.01. The van der Waals surface area contributed by atoms with Crippen LogP contribution in [0.25, 0.3) is 0 Å². The molecule has 0 unspecified atom stereocenters. The third-order valence-electron chi connectivity index (χ3n) is 8.58. The molecule has 4 rings (SSSR count). The minimum Gasteiger partial charge on any atom is -0.462 e. The van der Waals surface area contributed by atoms with Gasteiger partial charge >= 0.3 is 5.97 Å². The quantitative estimate of drug-likeness (QED) is 0.563. The second kappa shape index (κ2) is 6.34. The molecule has 1 N–H and O–H groups in total. The van der Waals surface area contributed by atoms with Crippen LogP contribution in [0.4, 0.5) is 0 Å². The van der Waals surface area contributed by atoms with Crippen LogP contribution in [0.2, 0.25) is 0 Å². The summed E-state index contributed by atoms with van der Waals surface area (Å²) in [5.41, 5.74) is -2.06. The Morgan fingerprint density at radius 3 is 2.48 bits per heavy atom. The summed E-state index contributed by atoms with van der Waals surface area (Å²) in [4.78, 5) is 50.1. The van der Waals surface area contributed by atoms with E-state index in [9.17, 15) is 24.3 Å².